The molecule has 0 radical (unpaired) electrons. The molecule has 2 heterocycles. The molecule has 100 valence electrons. The van der Waals surface area contributed by atoms with Gasteiger partial charge in [0, 0.05) is 7.05 Å². The fraction of sp³-hybridized carbons (Fsp3) is 0.385. The van der Waals surface area contributed by atoms with E-state index in [9.17, 15) is 0 Å². The quantitative estimate of drug-likeness (QED) is 0.839. The summed E-state index contributed by atoms with van der Waals surface area (Å²) in [7, 11) is 3.41. The zero-order valence-corrected chi connectivity index (χ0v) is 11.6. The number of nitrogens with two attached hydrogens (primary N) is 1. The third kappa shape index (κ3) is 1.93. The van der Waals surface area contributed by atoms with Gasteiger partial charge in [-0.05, 0) is 13.8 Å². The Bertz CT molecular complexity index is 660. The molecule has 0 aliphatic carbocycles. The maximum atomic E-state index is 6.14. The molecule has 6 nitrogen and oxygen atoms in total. The summed E-state index contributed by atoms with van der Waals surface area (Å²) in [6.07, 6.45) is 5.34. The van der Waals surface area contributed by atoms with Gasteiger partial charge < -0.3 is 15.0 Å². The van der Waals surface area contributed by atoms with Gasteiger partial charge in [-0.3, -0.25) is 0 Å². The Hall–Kier alpha value is -2.42. The van der Waals surface area contributed by atoms with Crippen LogP contribution in [0, 0.1) is 26.2 Å². The molecule has 0 aromatic carbocycles. The van der Waals surface area contributed by atoms with Crippen LogP contribution in [0.5, 0.6) is 5.88 Å². The van der Waals surface area contributed by atoms with E-state index in [4.69, 9.17) is 16.9 Å². The lowest BCUT2D eigenvalue weighted by atomic mass is 10.2. The largest absolute Gasteiger partial charge is 0.481 e. The Balaban J connectivity index is 2.67. The molecule has 0 spiro atoms. The normalized spacial score (nSPS) is 10.5. The summed E-state index contributed by atoms with van der Waals surface area (Å²) in [5, 5.41) is 4.33. The number of hydrogen-bond acceptors (Lipinski definition) is 4. The first-order valence-electron chi connectivity index (χ1n) is 5.85. The Morgan fingerprint density at radius 3 is 2.68 bits per heavy atom. The fourth-order valence-corrected chi connectivity index (χ4v) is 2.20. The molecule has 0 aliphatic heterocycles. The van der Waals surface area contributed by atoms with Crippen LogP contribution in [0.4, 0.5) is 5.82 Å². The molecular formula is C13H17N5O. The molecule has 2 rings (SSSR count). The Labute approximate surface area is 112 Å². The maximum absolute atomic E-state index is 6.14. The number of aryl methyl sites for hydroxylation is 3. The number of ether oxygens (including phenoxy) is 1. The van der Waals surface area contributed by atoms with E-state index in [1.807, 2.05) is 20.9 Å². The molecule has 2 aromatic rings. The summed E-state index contributed by atoms with van der Waals surface area (Å²) >= 11 is 0. The molecule has 0 aliphatic rings. The lowest BCUT2D eigenvalue weighted by Crippen LogP contribution is -2.03. The van der Waals surface area contributed by atoms with Crippen molar-refractivity contribution < 1.29 is 4.74 Å². The van der Waals surface area contributed by atoms with Gasteiger partial charge in [0.1, 0.15) is 17.3 Å². The van der Waals surface area contributed by atoms with Crippen molar-refractivity contribution in [1.29, 1.82) is 0 Å². The molecule has 6 heteroatoms. The second kappa shape index (κ2) is 4.69. The van der Waals surface area contributed by atoms with Crippen LogP contribution >= 0.6 is 0 Å². The van der Waals surface area contributed by atoms with E-state index in [1.54, 1.807) is 16.4 Å². The fourth-order valence-electron chi connectivity index (χ4n) is 2.20. The van der Waals surface area contributed by atoms with Crippen LogP contribution in [0.2, 0.25) is 0 Å². The molecule has 0 saturated carbocycles. The van der Waals surface area contributed by atoms with Crippen LogP contribution in [-0.2, 0) is 13.6 Å². The summed E-state index contributed by atoms with van der Waals surface area (Å²) in [4.78, 5) is 4.49. The second-order valence-corrected chi connectivity index (χ2v) is 4.28. The van der Waals surface area contributed by atoms with E-state index in [0.29, 0.717) is 23.9 Å². The van der Waals surface area contributed by atoms with E-state index in [1.165, 1.54) is 0 Å². The van der Waals surface area contributed by atoms with Gasteiger partial charge in [0.2, 0.25) is 5.88 Å². The predicted octanol–water partition coefficient (Wildman–Crippen LogP) is 1.12. The molecule has 0 unspecified atom stereocenters. The van der Waals surface area contributed by atoms with Crippen molar-refractivity contribution in [3.05, 3.63) is 11.5 Å². The third-order valence-corrected chi connectivity index (χ3v) is 3.05. The van der Waals surface area contributed by atoms with Crippen molar-refractivity contribution in [2.24, 2.45) is 7.05 Å². The standard InChI is InChI=1S/C13H17N5O/c1-6-7-18-9(3)15-11(12(18)14)10-8(2)16-17(4)13(10)19-5/h1H,7,14H2,2-5H3. The van der Waals surface area contributed by atoms with Crippen molar-refractivity contribution in [1.82, 2.24) is 19.3 Å². The van der Waals surface area contributed by atoms with E-state index in [-0.39, 0.29) is 0 Å². The van der Waals surface area contributed by atoms with E-state index in [0.717, 1.165) is 17.1 Å². The molecule has 2 aromatic heterocycles. The van der Waals surface area contributed by atoms with Crippen LogP contribution in [0.15, 0.2) is 0 Å². The summed E-state index contributed by atoms with van der Waals surface area (Å²) in [6.45, 7) is 4.16. The highest BCUT2D eigenvalue weighted by Crippen LogP contribution is 2.35. The first-order valence-corrected chi connectivity index (χ1v) is 5.85. The van der Waals surface area contributed by atoms with E-state index >= 15 is 0 Å². The second-order valence-electron chi connectivity index (χ2n) is 4.28. The predicted molar refractivity (Wildman–Crippen MR) is 73.7 cm³/mol. The summed E-state index contributed by atoms with van der Waals surface area (Å²) in [5.74, 6) is 4.51. The number of hydrogen-bond donors (Lipinski definition) is 1. The summed E-state index contributed by atoms with van der Waals surface area (Å²) < 4.78 is 8.83. The number of imidazole rings is 1. The van der Waals surface area contributed by atoms with Crippen molar-refractivity contribution in [2.45, 2.75) is 20.4 Å². The van der Waals surface area contributed by atoms with Gasteiger partial charge in [0.05, 0.1) is 24.9 Å². The van der Waals surface area contributed by atoms with Gasteiger partial charge in [0.15, 0.2) is 0 Å². The molecule has 0 saturated heterocycles. The number of terminal acetylenes is 1. The van der Waals surface area contributed by atoms with Gasteiger partial charge in [-0.25, -0.2) is 9.67 Å². The number of anilines is 1. The minimum Gasteiger partial charge on any atom is -0.481 e. The number of methoxy groups -OCH3 is 1. The molecule has 0 amide bonds. The van der Waals surface area contributed by atoms with Crippen LogP contribution in [0.1, 0.15) is 11.5 Å². The first kappa shape index (κ1) is 13.0. The average molecular weight is 259 g/mol. The average Bonchev–Trinajstić information content (AvgIpc) is 2.79. The van der Waals surface area contributed by atoms with Crippen LogP contribution in [0.25, 0.3) is 11.3 Å². The van der Waals surface area contributed by atoms with Crippen LogP contribution in [0.3, 0.4) is 0 Å². The topological polar surface area (TPSA) is 70.9 Å². The van der Waals surface area contributed by atoms with Crippen molar-refractivity contribution in [2.75, 3.05) is 12.8 Å². The van der Waals surface area contributed by atoms with Gasteiger partial charge in [-0.2, -0.15) is 5.10 Å². The Morgan fingerprint density at radius 2 is 2.11 bits per heavy atom. The lowest BCUT2D eigenvalue weighted by Gasteiger charge is -2.05. The van der Waals surface area contributed by atoms with Gasteiger partial charge in [-0.15, -0.1) is 6.42 Å². The van der Waals surface area contributed by atoms with E-state index < -0.39 is 0 Å². The number of rotatable bonds is 3. The van der Waals surface area contributed by atoms with Gasteiger partial charge in [-0.1, -0.05) is 5.92 Å². The maximum Gasteiger partial charge on any atom is 0.221 e. The SMILES string of the molecule is C#CCn1c(C)nc(-c2c(C)nn(C)c2OC)c1N. The summed E-state index contributed by atoms with van der Waals surface area (Å²) in [5.41, 5.74) is 8.42. The van der Waals surface area contributed by atoms with Gasteiger partial charge in [0.25, 0.3) is 0 Å². The van der Waals surface area contributed by atoms with E-state index in [2.05, 4.69) is 16.0 Å². The lowest BCUT2D eigenvalue weighted by molar-refractivity contribution is 0.374. The van der Waals surface area contributed by atoms with Crippen LogP contribution < -0.4 is 10.5 Å². The number of nitrogen functional groups attached to an aromatic ring is 1. The molecule has 0 bridgehead atoms. The van der Waals surface area contributed by atoms with Crippen molar-refractivity contribution >= 4 is 5.82 Å². The molecule has 0 atom stereocenters. The monoisotopic (exact) mass is 259 g/mol. The highest BCUT2D eigenvalue weighted by Gasteiger charge is 2.22. The van der Waals surface area contributed by atoms with Gasteiger partial charge >= 0.3 is 0 Å². The van der Waals surface area contributed by atoms with Crippen LogP contribution in [-0.4, -0.2) is 26.4 Å². The molecule has 19 heavy (non-hydrogen) atoms. The first-order chi connectivity index (χ1) is 9.01. The molecule has 0 fully saturated rings. The Morgan fingerprint density at radius 1 is 1.42 bits per heavy atom. The zero-order valence-electron chi connectivity index (χ0n) is 11.6. The zero-order chi connectivity index (χ0) is 14.2. The highest BCUT2D eigenvalue weighted by molar-refractivity contribution is 5.77. The number of nitrogens with zero attached hydrogens (tertiary/aromatic N) is 4. The number of aromatic nitrogens is 4. The smallest absolute Gasteiger partial charge is 0.221 e. The van der Waals surface area contributed by atoms with Crippen molar-refractivity contribution in [3.63, 3.8) is 0 Å². The Kier molecular flexibility index (Phi) is 3.21. The molecule has 2 N–H and O–H groups in total. The highest BCUT2D eigenvalue weighted by atomic mass is 16.5. The molecular weight excluding hydrogens is 242 g/mol. The minimum atomic E-state index is 0.395. The summed E-state index contributed by atoms with van der Waals surface area (Å²) in [6, 6.07) is 0. The third-order valence-electron chi connectivity index (χ3n) is 3.05. The minimum absolute atomic E-state index is 0.395. The van der Waals surface area contributed by atoms with Crippen molar-refractivity contribution in [3.8, 4) is 29.5 Å².